The van der Waals surface area contributed by atoms with Gasteiger partial charge in [-0.05, 0) is 24.1 Å². The van der Waals surface area contributed by atoms with Crippen molar-refractivity contribution < 1.29 is 0 Å². The van der Waals surface area contributed by atoms with Gasteiger partial charge in [0.2, 0.25) is 0 Å². The van der Waals surface area contributed by atoms with Crippen molar-refractivity contribution in [2.45, 2.75) is 19.8 Å². The predicted octanol–water partition coefficient (Wildman–Crippen LogP) is 3.52. The van der Waals surface area contributed by atoms with Crippen molar-refractivity contribution in [2.75, 3.05) is 0 Å². The van der Waals surface area contributed by atoms with E-state index in [-0.39, 0.29) is 0 Å². The lowest BCUT2D eigenvalue weighted by Gasteiger charge is -2.07. The zero-order valence-corrected chi connectivity index (χ0v) is 9.75. The summed E-state index contributed by atoms with van der Waals surface area (Å²) in [7, 11) is 0. The van der Waals surface area contributed by atoms with Crippen molar-refractivity contribution in [1.29, 1.82) is 0 Å². The molecule has 0 unspecified atom stereocenters. The highest BCUT2D eigenvalue weighted by Crippen LogP contribution is 2.24. The number of nitrogens with zero attached hydrogens (tertiary/aromatic N) is 2. The highest BCUT2D eigenvalue weighted by Gasteiger charge is 2.06. The van der Waals surface area contributed by atoms with Gasteiger partial charge in [-0.1, -0.05) is 29.8 Å². The topological polar surface area (TPSA) is 25.8 Å². The Morgan fingerprint density at radius 2 is 2.00 bits per heavy atom. The van der Waals surface area contributed by atoms with Gasteiger partial charge >= 0.3 is 0 Å². The summed E-state index contributed by atoms with van der Waals surface area (Å²) in [6.07, 6.45) is 1.63. The summed E-state index contributed by atoms with van der Waals surface area (Å²) in [5.41, 5.74) is 2.11. The number of benzene rings is 1. The highest BCUT2D eigenvalue weighted by atomic mass is 79.9. The van der Waals surface area contributed by atoms with E-state index in [1.165, 1.54) is 0 Å². The van der Waals surface area contributed by atoms with Crippen LogP contribution in [0.15, 0.2) is 29.0 Å². The quantitative estimate of drug-likeness (QED) is 0.774. The Kier molecular flexibility index (Phi) is 2.50. The van der Waals surface area contributed by atoms with E-state index in [2.05, 4.69) is 45.8 Å². The van der Waals surface area contributed by atoms with Gasteiger partial charge in [0, 0.05) is 9.86 Å². The van der Waals surface area contributed by atoms with Crippen LogP contribution in [0.25, 0.3) is 10.9 Å². The maximum atomic E-state index is 4.31. The van der Waals surface area contributed by atoms with Gasteiger partial charge in [0.05, 0.1) is 11.2 Å². The zero-order chi connectivity index (χ0) is 10.1. The lowest BCUT2D eigenvalue weighted by atomic mass is 10.1. The monoisotopic (exact) mass is 250 g/mol. The third-order valence-electron chi connectivity index (χ3n) is 2.18. The molecule has 3 heteroatoms. The summed E-state index contributed by atoms with van der Waals surface area (Å²) < 4.78 is 1.05. The van der Waals surface area contributed by atoms with E-state index >= 15 is 0 Å². The summed E-state index contributed by atoms with van der Waals surface area (Å²) in [5.74, 6) is 0.432. The second-order valence-corrected chi connectivity index (χ2v) is 4.49. The van der Waals surface area contributed by atoms with Gasteiger partial charge in [-0.15, -0.1) is 0 Å². The molecule has 1 aromatic heterocycles. The van der Waals surface area contributed by atoms with E-state index in [0.717, 1.165) is 21.1 Å². The van der Waals surface area contributed by atoms with Crippen LogP contribution < -0.4 is 0 Å². The Labute approximate surface area is 91.5 Å². The molecule has 0 aliphatic rings. The molecule has 1 aromatic carbocycles. The number of hydrogen-bond acceptors (Lipinski definition) is 2. The molecule has 0 bridgehead atoms. The minimum Gasteiger partial charge on any atom is -0.240 e. The van der Waals surface area contributed by atoms with Gasteiger partial charge in [-0.3, -0.25) is 0 Å². The molecule has 0 atom stereocenters. The second-order valence-electron chi connectivity index (χ2n) is 3.58. The van der Waals surface area contributed by atoms with Crippen LogP contribution in [0.4, 0.5) is 0 Å². The van der Waals surface area contributed by atoms with E-state index in [4.69, 9.17) is 0 Å². The normalized spacial score (nSPS) is 11.1. The molecule has 0 spiro atoms. The smallest absolute Gasteiger partial charge is 0.116 e. The molecule has 0 saturated heterocycles. The molecule has 2 aromatic rings. The summed E-state index contributed by atoms with van der Waals surface area (Å²) in [5, 5.41) is 1.14. The molecule has 0 amide bonds. The fourth-order valence-electron chi connectivity index (χ4n) is 1.51. The van der Waals surface area contributed by atoms with Crippen molar-refractivity contribution in [3.63, 3.8) is 0 Å². The van der Waals surface area contributed by atoms with Crippen LogP contribution in [0.3, 0.4) is 0 Å². The van der Waals surface area contributed by atoms with E-state index in [9.17, 15) is 0 Å². The minimum absolute atomic E-state index is 0.432. The van der Waals surface area contributed by atoms with Crippen LogP contribution in [-0.4, -0.2) is 9.97 Å². The van der Waals surface area contributed by atoms with E-state index in [1.807, 2.05) is 12.1 Å². The first-order valence-electron chi connectivity index (χ1n) is 4.58. The van der Waals surface area contributed by atoms with Crippen LogP contribution in [0.2, 0.25) is 0 Å². The van der Waals surface area contributed by atoms with E-state index in [1.54, 1.807) is 6.33 Å². The van der Waals surface area contributed by atoms with Gasteiger partial charge < -0.3 is 0 Å². The van der Waals surface area contributed by atoms with Crippen molar-refractivity contribution in [3.8, 4) is 0 Å². The molecular formula is C11H11BrN2. The highest BCUT2D eigenvalue weighted by molar-refractivity contribution is 9.10. The van der Waals surface area contributed by atoms with Crippen molar-refractivity contribution in [3.05, 3.63) is 34.7 Å². The van der Waals surface area contributed by atoms with E-state index in [0.29, 0.717) is 5.92 Å². The summed E-state index contributed by atoms with van der Waals surface area (Å²) in [6.45, 7) is 4.29. The van der Waals surface area contributed by atoms with Crippen LogP contribution in [0.1, 0.15) is 25.5 Å². The third kappa shape index (κ3) is 1.64. The predicted molar refractivity (Wildman–Crippen MR) is 61.3 cm³/mol. The van der Waals surface area contributed by atoms with Gasteiger partial charge in [0.15, 0.2) is 0 Å². The number of hydrogen-bond donors (Lipinski definition) is 0. The Morgan fingerprint density at radius 1 is 1.21 bits per heavy atom. The minimum atomic E-state index is 0.432. The first-order valence-corrected chi connectivity index (χ1v) is 5.38. The van der Waals surface area contributed by atoms with Crippen molar-refractivity contribution in [1.82, 2.24) is 9.97 Å². The molecule has 1 heterocycles. The maximum absolute atomic E-state index is 4.31. The van der Waals surface area contributed by atoms with Crippen LogP contribution in [0, 0.1) is 0 Å². The number of rotatable bonds is 1. The molecule has 0 radical (unpaired) electrons. The lowest BCUT2D eigenvalue weighted by molar-refractivity contribution is 0.828. The fourth-order valence-corrected chi connectivity index (χ4v) is 1.86. The first-order chi connectivity index (χ1) is 6.68. The fraction of sp³-hybridized carbons (Fsp3) is 0.273. The summed E-state index contributed by atoms with van der Waals surface area (Å²) in [6, 6.07) is 6.11. The van der Waals surface area contributed by atoms with Crippen molar-refractivity contribution >= 4 is 26.8 Å². The molecule has 0 aliphatic heterocycles. The number of halogens is 1. The summed E-state index contributed by atoms with van der Waals surface area (Å²) >= 11 is 3.43. The molecule has 2 rings (SSSR count). The maximum Gasteiger partial charge on any atom is 0.116 e. The Balaban J connectivity index is 2.75. The molecule has 0 saturated carbocycles. The largest absolute Gasteiger partial charge is 0.240 e. The Morgan fingerprint density at radius 3 is 2.71 bits per heavy atom. The van der Waals surface area contributed by atoms with Crippen LogP contribution in [0.5, 0.6) is 0 Å². The molecular weight excluding hydrogens is 240 g/mol. The standard InChI is InChI=1S/C11H11BrN2/c1-7(2)11-9-4-3-8(12)5-10(9)13-6-14-11/h3-7H,1-2H3. The number of fused-ring (bicyclic) bond motifs is 1. The van der Waals surface area contributed by atoms with Crippen molar-refractivity contribution in [2.24, 2.45) is 0 Å². The lowest BCUT2D eigenvalue weighted by Crippen LogP contribution is -1.95. The molecule has 72 valence electrons. The molecule has 2 nitrogen and oxygen atoms in total. The molecule has 0 N–H and O–H groups in total. The average molecular weight is 251 g/mol. The second kappa shape index (κ2) is 3.65. The van der Waals surface area contributed by atoms with Gasteiger partial charge in [-0.2, -0.15) is 0 Å². The average Bonchev–Trinajstić information content (AvgIpc) is 2.16. The molecule has 14 heavy (non-hydrogen) atoms. The summed E-state index contributed by atoms with van der Waals surface area (Å²) in [4.78, 5) is 8.55. The SMILES string of the molecule is CC(C)c1ncnc2cc(Br)ccc12. The molecule has 0 aliphatic carbocycles. The van der Waals surface area contributed by atoms with Gasteiger partial charge in [0.1, 0.15) is 6.33 Å². The van der Waals surface area contributed by atoms with Crippen LogP contribution in [-0.2, 0) is 0 Å². The van der Waals surface area contributed by atoms with Gasteiger partial charge in [-0.25, -0.2) is 9.97 Å². The first kappa shape index (κ1) is 9.59. The third-order valence-corrected chi connectivity index (χ3v) is 2.67. The Hall–Kier alpha value is -0.960. The molecule has 0 fully saturated rings. The zero-order valence-electron chi connectivity index (χ0n) is 8.16. The Bertz CT molecular complexity index is 466. The van der Waals surface area contributed by atoms with E-state index < -0.39 is 0 Å². The van der Waals surface area contributed by atoms with Gasteiger partial charge in [0.25, 0.3) is 0 Å². The number of aromatic nitrogens is 2. The van der Waals surface area contributed by atoms with Crippen LogP contribution >= 0.6 is 15.9 Å².